The van der Waals surface area contributed by atoms with Gasteiger partial charge in [-0.05, 0) is 24.0 Å². The van der Waals surface area contributed by atoms with Crippen LogP contribution in [0.4, 0.5) is 0 Å². The van der Waals surface area contributed by atoms with Gasteiger partial charge in [-0.3, -0.25) is 0 Å². The SMILES string of the molecule is NC(=NCC1(O)CCc2ccccc21)N1CCOCC1. The third-order valence-electron chi connectivity index (χ3n) is 4.16. The summed E-state index contributed by atoms with van der Waals surface area (Å²) in [5.74, 6) is 0.506. The van der Waals surface area contributed by atoms with Gasteiger partial charge in [-0.15, -0.1) is 0 Å². The van der Waals surface area contributed by atoms with Crippen molar-refractivity contribution in [3.8, 4) is 0 Å². The molecular formula is C15H21N3O2. The van der Waals surface area contributed by atoms with Crippen LogP contribution in [0.15, 0.2) is 29.3 Å². The minimum atomic E-state index is -0.868. The highest BCUT2D eigenvalue weighted by Crippen LogP contribution is 2.36. The summed E-state index contributed by atoms with van der Waals surface area (Å²) >= 11 is 0. The van der Waals surface area contributed by atoms with Gasteiger partial charge in [0.2, 0.25) is 0 Å². The molecule has 1 aliphatic carbocycles. The van der Waals surface area contributed by atoms with Crippen molar-refractivity contribution in [2.24, 2.45) is 10.7 Å². The van der Waals surface area contributed by atoms with E-state index in [9.17, 15) is 5.11 Å². The number of ether oxygens (including phenoxy) is 1. The third kappa shape index (κ3) is 2.51. The van der Waals surface area contributed by atoms with Crippen LogP contribution in [0, 0.1) is 0 Å². The van der Waals surface area contributed by atoms with Gasteiger partial charge in [0.05, 0.1) is 19.8 Å². The predicted molar refractivity (Wildman–Crippen MR) is 77.5 cm³/mol. The maximum atomic E-state index is 10.8. The van der Waals surface area contributed by atoms with Gasteiger partial charge < -0.3 is 20.5 Å². The van der Waals surface area contributed by atoms with Crippen LogP contribution < -0.4 is 5.73 Å². The fourth-order valence-corrected chi connectivity index (χ4v) is 2.94. The third-order valence-corrected chi connectivity index (χ3v) is 4.16. The maximum Gasteiger partial charge on any atom is 0.191 e. The number of fused-ring (bicyclic) bond motifs is 1. The number of aliphatic hydroxyl groups is 1. The number of nitrogens with two attached hydrogens (primary N) is 1. The molecule has 1 aromatic carbocycles. The quantitative estimate of drug-likeness (QED) is 0.608. The van der Waals surface area contributed by atoms with E-state index in [1.165, 1.54) is 5.56 Å². The van der Waals surface area contributed by atoms with E-state index in [0.29, 0.717) is 32.1 Å². The molecule has 0 spiro atoms. The molecule has 1 saturated heterocycles. The first-order valence-corrected chi connectivity index (χ1v) is 7.12. The van der Waals surface area contributed by atoms with Crippen molar-refractivity contribution >= 4 is 5.96 Å². The molecule has 1 atom stereocenters. The second kappa shape index (κ2) is 5.42. The summed E-state index contributed by atoms with van der Waals surface area (Å²) in [6.07, 6.45) is 1.62. The summed E-state index contributed by atoms with van der Waals surface area (Å²) in [6, 6.07) is 8.03. The minimum absolute atomic E-state index is 0.327. The molecule has 0 amide bonds. The fourth-order valence-electron chi connectivity index (χ4n) is 2.94. The molecule has 1 aliphatic heterocycles. The number of rotatable bonds is 2. The van der Waals surface area contributed by atoms with E-state index in [0.717, 1.165) is 25.1 Å². The summed E-state index contributed by atoms with van der Waals surface area (Å²) < 4.78 is 5.29. The average Bonchev–Trinajstić information content (AvgIpc) is 2.84. The lowest BCUT2D eigenvalue weighted by atomic mass is 9.96. The Bertz CT molecular complexity index is 512. The van der Waals surface area contributed by atoms with Gasteiger partial charge in [0.15, 0.2) is 5.96 Å². The Labute approximate surface area is 119 Å². The molecule has 3 N–H and O–H groups in total. The molecule has 5 heteroatoms. The van der Waals surface area contributed by atoms with E-state index in [4.69, 9.17) is 10.5 Å². The highest BCUT2D eigenvalue weighted by atomic mass is 16.5. The van der Waals surface area contributed by atoms with Gasteiger partial charge in [-0.25, -0.2) is 4.99 Å². The average molecular weight is 275 g/mol. The molecule has 3 rings (SSSR count). The highest BCUT2D eigenvalue weighted by Gasteiger charge is 2.36. The summed E-state index contributed by atoms with van der Waals surface area (Å²) in [7, 11) is 0. The zero-order chi connectivity index (χ0) is 14.0. The van der Waals surface area contributed by atoms with E-state index < -0.39 is 5.60 Å². The predicted octanol–water partition coefficient (Wildman–Crippen LogP) is 0.467. The van der Waals surface area contributed by atoms with E-state index in [2.05, 4.69) is 11.1 Å². The first-order chi connectivity index (χ1) is 9.69. The standard InChI is InChI=1S/C15H21N3O2/c16-14(18-7-9-20-10-8-18)17-11-15(19)6-5-12-3-1-2-4-13(12)15/h1-4,19H,5-11H2,(H2,16,17). The second-order valence-corrected chi connectivity index (χ2v) is 5.46. The van der Waals surface area contributed by atoms with Crippen LogP contribution in [-0.2, 0) is 16.8 Å². The monoisotopic (exact) mass is 275 g/mol. The summed E-state index contributed by atoms with van der Waals surface area (Å²) in [4.78, 5) is 6.42. The summed E-state index contributed by atoms with van der Waals surface area (Å²) in [5, 5.41) is 10.8. The molecule has 0 bridgehead atoms. The van der Waals surface area contributed by atoms with Crippen molar-refractivity contribution in [3.63, 3.8) is 0 Å². The van der Waals surface area contributed by atoms with Crippen LogP contribution in [0.25, 0.3) is 0 Å². The van der Waals surface area contributed by atoms with Gasteiger partial charge in [-0.1, -0.05) is 24.3 Å². The zero-order valence-electron chi connectivity index (χ0n) is 11.6. The zero-order valence-corrected chi connectivity index (χ0v) is 11.6. The van der Waals surface area contributed by atoms with Crippen LogP contribution in [0.5, 0.6) is 0 Å². The molecule has 1 heterocycles. The van der Waals surface area contributed by atoms with Gasteiger partial charge in [-0.2, -0.15) is 0 Å². The summed E-state index contributed by atoms with van der Waals surface area (Å²) in [5.41, 5.74) is 7.36. The van der Waals surface area contributed by atoms with Gasteiger partial charge in [0.25, 0.3) is 0 Å². The highest BCUT2D eigenvalue weighted by molar-refractivity contribution is 5.78. The Balaban J connectivity index is 1.71. The van der Waals surface area contributed by atoms with Crippen LogP contribution in [0.2, 0.25) is 0 Å². The van der Waals surface area contributed by atoms with Crippen LogP contribution in [0.1, 0.15) is 17.5 Å². The minimum Gasteiger partial charge on any atom is -0.383 e. The molecule has 0 saturated carbocycles. The van der Waals surface area contributed by atoms with Crippen molar-refractivity contribution in [2.45, 2.75) is 18.4 Å². The molecule has 108 valence electrons. The molecule has 5 nitrogen and oxygen atoms in total. The van der Waals surface area contributed by atoms with Crippen molar-refractivity contribution in [1.82, 2.24) is 4.90 Å². The smallest absolute Gasteiger partial charge is 0.191 e. The summed E-state index contributed by atoms with van der Waals surface area (Å²) in [6.45, 7) is 3.23. The molecule has 0 aromatic heterocycles. The lowest BCUT2D eigenvalue weighted by Crippen LogP contribution is -2.45. The normalized spacial score (nSPS) is 26.6. The molecule has 1 fully saturated rings. The number of hydrogen-bond donors (Lipinski definition) is 2. The molecule has 20 heavy (non-hydrogen) atoms. The molecule has 2 aliphatic rings. The number of morpholine rings is 1. The fraction of sp³-hybridized carbons (Fsp3) is 0.533. The van der Waals surface area contributed by atoms with Crippen LogP contribution in [0.3, 0.4) is 0 Å². The first-order valence-electron chi connectivity index (χ1n) is 7.12. The second-order valence-electron chi connectivity index (χ2n) is 5.46. The Hall–Kier alpha value is -1.59. The van der Waals surface area contributed by atoms with Gasteiger partial charge >= 0.3 is 0 Å². The van der Waals surface area contributed by atoms with Crippen molar-refractivity contribution < 1.29 is 9.84 Å². The number of aliphatic imine (C=N–C) groups is 1. The van der Waals surface area contributed by atoms with Crippen LogP contribution >= 0.6 is 0 Å². The van der Waals surface area contributed by atoms with Crippen molar-refractivity contribution in [3.05, 3.63) is 35.4 Å². The Morgan fingerprint density at radius 3 is 2.90 bits per heavy atom. The van der Waals surface area contributed by atoms with E-state index in [1.54, 1.807) is 0 Å². The first kappa shape index (κ1) is 13.4. The molecular weight excluding hydrogens is 254 g/mol. The van der Waals surface area contributed by atoms with Crippen LogP contribution in [-0.4, -0.2) is 48.8 Å². The van der Waals surface area contributed by atoms with Gasteiger partial charge in [0, 0.05) is 13.1 Å². The number of hydrogen-bond acceptors (Lipinski definition) is 3. The molecule has 1 unspecified atom stereocenters. The molecule has 0 radical (unpaired) electrons. The van der Waals surface area contributed by atoms with Gasteiger partial charge in [0.1, 0.15) is 5.60 Å². The topological polar surface area (TPSA) is 71.1 Å². The van der Waals surface area contributed by atoms with Crippen molar-refractivity contribution in [1.29, 1.82) is 0 Å². The Kier molecular flexibility index (Phi) is 3.63. The molecule has 1 aromatic rings. The lowest BCUT2D eigenvalue weighted by Gasteiger charge is -2.29. The van der Waals surface area contributed by atoms with E-state index in [1.807, 2.05) is 23.1 Å². The number of guanidine groups is 1. The number of benzene rings is 1. The maximum absolute atomic E-state index is 10.8. The van der Waals surface area contributed by atoms with Crippen molar-refractivity contribution in [2.75, 3.05) is 32.8 Å². The van der Waals surface area contributed by atoms with E-state index in [-0.39, 0.29) is 0 Å². The number of nitrogens with zero attached hydrogens (tertiary/aromatic N) is 2. The lowest BCUT2D eigenvalue weighted by molar-refractivity contribution is 0.0470. The van der Waals surface area contributed by atoms with E-state index >= 15 is 0 Å². The largest absolute Gasteiger partial charge is 0.383 e. The Morgan fingerprint density at radius 1 is 1.35 bits per heavy atom. The number of aryl methyl sites for hydroxylation is 1. The Morgan fingerprint density at radius 2 is 2.10 bits per heavy atom.